The molecular weight excluding hydrogens is 364 g/mol. The highest BCUT2D eigenvalue weighted by molar-refractivity contribution is 5.94. The maximum Gasteiger partial charge on any atom is 0.257 e. The average molecular weight is 386 g/mol. The quantitative estimate of drug-likeness (QED) is 0.733. The highest BCUT2D eigenvalue weighted by Gasteiger charge is 2.39. The van der Waals surface area contributed by atoms with E-state index in [1.165, 1.54) is 0 Å². The van der Waals surface area contributed by atoms with E-state index in [0.717, 1.165) is 36.8 Å². The molecule has 0 N–H and O–H groups in total. The molecule has 1 saturated heterocycles. The number of likely N-dealkylation sites (tertiary alicyclic amines) is 1. The lowest BCUT2D eigenvalue weighted by molar-refractivity contribution is 0.0584. The van der Waals surface area contributed by atoms with E-state index < -0.39 is 0 Å². The average Bonchev–Trinajstić information content (AvgIpc) is 3.60. The fourth-order valence-electron chi connectivity index (χ4n) is 3.83. The first kappa shape index (κ1) is 18.9. The van der Waals surface area contributed by atoms with Crippen molar-refractivity contribution in [2.24, 2.45) is 0 Å². The molecular formula is C22H22N6O. The Morgan fingerprint density at radius 2 is 1.66 bits per heavy atom. The maximum atomic E-state index is 13.2. The van der Waals surface area contributed by atoms with Gasteiger partial charge >= 0.3 is 0 Å². The number of aromatic nitrogens is 2. The third-order valence-corrected chi connectivity index (χ3v) is 5.57. The summed E-state index contributed by atoms with van der Waals surface area (Å²) >= 11 is 0. The molecule has 146 valence electrons. The van der Waals surface area contributed by atoms with Crippen LogP contribution in [0.3, 0.4) is 0 Å². The number of benzene rings is 1. The van der Waals surface area contributed by atoms with Crippen LogP contribution in [0.5, 0.6) is 0 Å². The van der Waals surface area contributed by atoms with E-state index >= 15 is 0 Å². The van der Waals surface area contributed by atoms with Crippen molar-refractivity contribution < 1.29 is 4.79 Å². The zero-order valence-electron chi connectivity index (χ0n) is 16.2. The highest BCUT2D eigenvalue weighted by Crippen LogP contribution is 2.33. The lowest BCUT2D eigenvalue weighted by Crippen LogP contribution is -2.47. The number of amides is 1. The van der Waals surface area contributed by atoms with Gasteiger partial charge in [0.05, 0.1) is 18.1 Å². The van der Waals surface area contributed by atoms with Gasteiger partial charge in [0.15, 0.2) is 12.0 Å². The Hall–Kier alpha value is -3.45. The summed E-state index contributed by atoms with van der Waals surface area (Å²) in [6.07, 6.45) is 9.51. The Bertz CT molecular complexity index is 945. The molecule has 2 aromatic rings. The number of rotatable bonds is 5. The molecule has 1 amide bonds. The second kappa shape index (κ2) is 8.28. The van der Waals surface area contributed by atoms with E-state index in [9.17, 15) is 4.79 Å². The van der Waals surface area contributed by atoms with Gasteiger partial charge in [-0.3, -0.25) is 4.79 Å². The van der Waals surface area contributed by atoms with Crippen molar-refractivity contribution >= 4 is 5.91 Å². The van der Waals surface area contributed by atoms with Crippen LogP contribution in [0.4, 0.5) is 0 Å². The van der Waals surface area contributed by atoms with Gasteiger partial charge in [-0.2, -0.15) is 10.5 Å². The molecule has 7 nitrogen and oxygen atoms in total. The summed E-state index contributed by atoms with van der Waals surface area (Å²) < 4.78 is 0. The minimum Gasteiger partial charge on any atom is -0.332 e. The van der Waals surface area contributed by atoms with E-state index in [2.05, 4.69) is 22.2 Å². The normalized spacial score (nSPS) is 16.7. The maximum absolute atomic E-state index is 13.2. The Kier molecular flexibility index (Phi) is 5.39. The molecule has 0 bridgehead atoms. The summed E-state index contributed by atoms with van der Waals surface area (Å²) in [5.74, 6) is 0.546. The summed E-state index contributed by atoms with van der Waals surface area (Å²) in [4.78, 5) is 25.7. The molecule has 1 aliphatic carbocycles. The molecule has 1 aromatic heterocycles. The number of hydrogen-bond donors (Lipinski definition) is 0. The Morgan fingerprint density at radius 1 is 1.03 bits per heavy atom. The van der Waals surface area contributed by atoms with Gasteiger partial charge in [0.2, 0.25) is 0 Å². The summed E-state index contributed by atoms with van der Waals surface area (Å²) in [6.45, 7) is 1.41. The topological polar surface area (TPSA) is 96.9 Å². The van der Waals surface area contributed by atoms with E-state index in [1.54, 1.807) is 17.3 Å². The summed E-state index contributed by atoms with van der Waals surface area (Å²) in [5, 5.41) is 17.8. The number of nitriles is 2. The minimum absolute atomic E-state index is 0.0150. The zero-order chi connectivity index (χ0) is 20.2. The number of carbonyl (C=O) groups excluding carboxylic acids is 1. The van der Waals surface area contributed by atoms with Crippen molar-refractivity contribution in [2.75, 3.05) is 13.1 Å². The molecule has 1 aromatic carbocycles. The molecule has 0 spiro atoms. The summed E-state index contributed by atoms with van der Waals surface area (Å²) in [6, 6.07) is 10.2. The van der Waals surface area contributed by atoms with Crippen LogP contribution in [-0.4, -0.2) is 50.8 Å². The van der Waals surface area contributed by atoms with Crippen LogP contribution in [-0.2, 0) is 6.42 Å². The number of nitrogens with zero attached hydrogens (tertiary/aromatic N) is 6. The lowest BCUT2D eigenvalue weighted by Gasteiger charge is -2.37. The van der Waals surface area contributed by atoms with Crippen molar-refractivity contribution in [3.05, 3.63) is 47.8 Å². The van der Waals surface area contributed by atoms with Crippen molar-refractivity contribution in [3.8, 4) is 23.7 Å². The summed E-state index contributed by atoms with van der Waals surface area (Å²) in [7, 11) is 0. The van der Waals surface area contributed by atoms with Crippen LogP contribution in [0.2, 0.25) is 0 Å². The van der Waals surface area contributed by atoms with E-state index in [0.29, 0.717) is 36.9 Å². The molecule has 2 heterocycles. The monoisotopic (exact) mass is 386 g/mol. The molecule has 29 heavy (non-hydrogen) atoms. The van der Waals surface area contributed by atoms with E-state index in [4.69, 9.17) is 10.5 Å². The van der Waals surface area contributed by atoms with Gasteiger partial charge in [0.25, 0.3) is 5.91 Å². The second-order valence-corrected chi connectivity index (χ2v) is 7.59. The number of piperidine rings is 1. The summed E-state index contributed by atoms with van der Waals surface area (Å²) in [5.41, 5.74) is 2.31. The third kappa shape index (κ3) is 4.20. The zero-order valence-corrected chi connectivity index (χ0v) is 16.2. The van der Waals surface area contributed by atoms with Crippen molar-refractivity contribution in [1.29, 1.82) is 10.5 Å². The molecule has 0 atom stereocenters. The predicted octanol–water partition coefficient (Wildman–Crippen LogP) is 2.76. The van der Waals surface area contributed by atoms with Crippen molar-refractivity contribution in [3.63, 3.8) is 0 Å². The van der Waals surface area contributed by atoms with E-state index in [1.807, 2.05) is 29.2 Å². The van der Waals surface area contributed by atoms with Crippen LogP contribution in [0.15, 0.2) is 36.7 Å². The molecule has 7 heteroatoms. The first-order valence-electron chi connectivity index (χ1n) is 9.95. The van der Waals surface area contributed by atoms with Gasteiger partial charge in [0.1, 0.15) is 0 Å². The van der Waals surface area contributed by atoms with Crippen LogP contribution in [0, 0.1) is 22.8 Å². The second-order valence-electron chi connectivity index (χ2n) is 7.59. The first-order valence-corrected chi connectivity index (χ1v) is 9.95. The van der Waals surface area contributed by atoms with Crippen molar-refractivity contribution in [2.45, 2.75) is 44.2 Å². The van der Waals surface area contributed by atoms with Crippen molar-refractivity contribution in [1.82, 2.24) is 19.8 Å². The third-order valence-electron chi connectivity index (χ3n) is 5.57. The largest absolute Gasteiger partial charge is 0.332 e. The fourth-order valence-corrected chi connectivity index (χ4v) is 3.83. The van der Waals surface area contributed by atoms with Gasteiger partial charge in [0, 0.05) is 43.1 Å². The highest BCUT2D eigenvalue weighted by atomic mass is 16.2. The molecule has 1 saturated carbocycles. The van der Waals surface area contributed by atoms with E-state index in [-0.39, 0.29) is 11.9 Å². The first-order chi connectivity index (χ1) is 14.2. The molecule has 0 radical (unpaired) electrons. The lowest BCUT2D eigenvalue weighted by atomic mass is 10.0. The number of hydrogen-bond acceptors (Lipinski definition) is 6. The fraction of sp³-hybridized carbons (Fsp3) is 0.409. The SMILES string of the molecule is N#CCc1ccc(-c2ncc(C(=O)N(C3CC3)C3CCN(C#N)CC3)cn2)cc1. The molecule has 1 aliphatic heterocycles. The van der Waals surface area contributed by atoms with Crippen LogP contribution in [0.25, 0.3) is 11.4 Å². The van der Waals surface area contributed by atoms with Gasteiger partial charge in [-0.05, 0) is 31.2 Å². The van der Waals surface area contributed by atoms with Crippen LogP contribution < -0.4 is 0 Å². The number of carbonyl (C=O) groups is 1. The predicted molar refractivity (Wildman–Crippen MR) is 106 cm³/mol. The smallest absolute Gasteiger partial charge is 0.257 e. The van der Waals surface area contributed by atoms with Gasteiger partial charge in [-0.1, -0.05) is 24.3 Å². The molecule has 4 rings (SSSR count). The molecule has 2 aliphatic rings. The van der Waals surface area contributed by atoms with Crippen LogP contribution >= 0.6 is 0 Å². The minimum atomic E-state index is -0.0150. The molecule has 0 unspecified atom stereocenters. The standard InChI is InChI=1S/C22H22N6O/c23-10-7-16-1-3-17(4-2-16)21-25-13-18(14-26-21)22(29)28(19-5-6-19)20-8-11-27(15-24)12-9-20/h1-4,13-14,19-20H,5-9,11-12H2. The van der Waals surface area contributed by atoms with Gasteiger partial charge < -0.3 is 9.80 Å². The Morgan fingerprint density at radius 3 is 2.21 bits per heavy atom. The molecule has 2 fully saturated rings. The Balaban J connectivity index is 1.48. The van der Waals surface area contributed by atoms with Crippen LogP contribution in [0.1, 0.15) is 41.6 Å². The van der Waals surface area contributed by atoms with Gasteiger partial charge in [-0.25, -0.2) is 9.97 Å². The Labute approximate surface area is 170 Å². The van der Waals surface area contributed by atoms with Gasteiger partial charge in [-0.15, -0.1) is 0 Å².